The average molecular weight is 468 g/mol. The lowest BCUT2D eigenvalue weighted by atomic mass is 10.2. The second-order valence-electron chi connectivity index (χ2n) is 7.47. The molecular formula is C24H23Cl2N5O. The topological polar surface area (TPSA) is 56.0 Å². The Labute approximate surface area is 196 Å². The molecule has 0 saturated heterocycles. The summed E-state index contributed by atoms with van der Waals surface area (Å²) in [5, 5.41) is 5.94. The third kappa shape index (κ3) is 4.87. The third-order valence-corrected chi connectivity index (χ3v) is 5.93. The first-order valence-electron chi connectivity index (χ1n) is 10.3. The van der Waals surface area contributed by atoms with Crippen LogP contribution in [0.4, 0.5) is 5.69 Å². The Balaban J connectivity index is 1.73. The van der Waals surface area contributed by atoms with Crippen molar-refractivity contribution < 1.29 is 0 Å². The van der Waals surface area contributed by atoms with Gasteiger partial charge in [0.15, 0.2) is 5.82 Å². The van der Waals surface area contributed by atoms with Crippen LogP contribution in [-0.2, 0) is 13.1 Å². The molecule has 4 aromatic rings. The van der Waals surface area contributed by atoms with E-state index in [-0.39, 0.29) is 5.56 Å². The molecule has 0 amide bonds. The molecule has 0 spiro atoms. The highest BCUT2D eigenvalue weighted by Gasteiger charge is 2.15. The van der Waals surface area contributed by atoms with E-state index in [2.05, 4.69) is 24.0 Å². The summed E-state index contributed by atoms with van der Waals surface area (Å²) >= 11 is 12.6. The standard InChI is InChI=1S/C24H23Cl2N5O/c1-3-29(2)20-10-7-17(8-11-20)24-27-22(16-30-13-5-4-6-23(30)32)31(28-24)15-18-14-19(25)9-12-21(18)26/h4-14H,3,15-16H2,1-2H3. The highest BCUT2D eigenvalue weighted by Crippen LogP contribution is 2.24. The lowest BCUT2D eigenvalue weighted by molar-refractivity contribution is 0.602. The van der Waals surface area contributed by atoms with Crippen LogP contribution in [0.2, 0.25) is 10.0 Å². The van der Waals surface area contributed by atoms with E-state index in [0.717, 1.165) is 23.4 Å². The fraction of sp³-hybridized carbons (Fsp3) is 0.208. The second kappa shape index (κ2) is 9.59. The van der Waals surface area contributed by atoms with Gasteiger partial charge in [-0.1, -0.05) is 29.3 Å². The van der Waals surface area contributed by atoms with Gasteiger partial charge in [-0.25, -0.2) is 9.67 Å². The van der Waals surface area contributed by atoms with Crippen LogP contribution in [0.5, 0.6) is 0 Å². The van der Waals surface area contributed by atoms with Crippen molar-refractivity contribution in [3.05, 3.63) is 98.6 Å². The summed E-state index contributed by atoms with van der Waals surface area (Å²) in [4.78, 5) is 19.2. The smallest absolute Gasteiger partial charge is 0.250 e. The van der Waals surface area contributed by atoms with Gasteiger partial charge in [0.2, 0.25) is 0 Å². The van der Waals surface area contributed by atoms with Crippen LogP contribution >= 0.6 is 23.2 Å². The molecule has 0 aliphatic rings. The summed E-state index contributed by atoms with van der Waals surface area (Å²) in [5.74, 6) is 1.24. The van der Waals surface area contributed by atoms with Crippen molar-refractivity contribution in [1.29, 1.82) is 0 Å². The summed E-state index contributed by atoms with van der Waals surface area (Å²) in [7, 11) is 2.05. The zero-order chi connectivity index (χ0) is 22.7. The minimum Gasteiger partial charge on any atom is -0.375 e. The molecule has 4 rings (SSSR count). The number of hydrogen-bond acceptors (Lipinski definition) is 4. The van der Waals surface area contributed by atoms with E-state index in [1.54, 1.807) is 33.6 Å². The summed E-state index contributed by atoms with van der Waals surface area (Å²) < 4.78 is 3.38. The average Bonchev–Trinajstić information content (AvgIpc) is 3.19. The molecule has 0 unspecified atom stereocenters. The summed E-state index contributed by atoms with van der Waals surface area (Å²) in [5.41, 5.74) is 2.75. The molecule has 0 aliphatic carbocycles. The van der Waals surface area contributed by atoms with Crippen molar-refractivity contribution in [1.82, 2.24) is 19.3 Å². The first-order chi connectivity index (χ1) is 15.4. The van der Waals surface area contributed by atoms with E-state index in [1.807, 2.05) is 31.3 Å². The van der Waals surface area contributed by atoms with Crippen LogP contribution < -0.4 is 10.5 Å². The predicted octanol–water partition coefficient (Wildman–Crippen LogP) is 4.97. The van der Waals surface area contributed by atoms with Gasteiger partial charge in [0.05, 0.1) is 13.1 Å². The Hall–Kier alpha value is -3.09. The van der Waals surface area contributed by atoms with Crippen molar-refractivity contribution >= 4 is 28.9 Å². The summed E-state index contributed by atoms with van der Waals surface area (Å²) in [6.07, 6.45) is 1.74. The lowest BCUT2D eigenvalue weighted by Crippen LogP contribution is -2.21. The molecule has 0 fully saturated rings. The lowest BCUT2D eigenvalue weighted by Gasteiger charge is -2.16. The third-order valence-electron chi connectivity index (χ3n) is 5.33. The number of hydrogen-bond donors (Lipinski definition) is 0. The first kappa shape index (κ1) is 22.1. The van der Waals surface area contributed by atoms with Crippen molar-refractivity contribution in [2.45, 2.75) is 20.0 Å². The fourth-order valence-corrected chi connectivity index (χ4v) is 3.73. The molecule has 0 bridgehead atoms. The number of pyridine rings is 1. The molecule has 2 aromatic carbocycles. The number of halogens is 2. The van der Waals surface area contributed by atoms with E-state index in [0.29, 0.717) is 34.8 Å². The van der Waals surface area contributed by atoms with E-state index in [9.17, 15) is 4.79 Å². The van der Waals surface area contributed by atoms with Gasteiger partial charge in [0.1, 0.15) is 5.82 Å². The predicted molar refractivity (Wildman–Crippen MR) is 130 cm³/mol. The van der Waals surface area contributed by atoms with Gasteiger partial charge in [0, 0.05) is 47.2 Å². The van der Waals surface area contributed by atoms with Crippen molar-refractivity contribution in [3.63, 3.8) is 0 Å². The summed E-state index contributed by atoms with van der Waals surface area (Å²) in [6, 6.07) is 18.5. The molecule has 0 N–H and O–H groups in total. The number of anilines is 1. The van der Waals surface area contributed by atoms with Crippen molar-refractivity contribution in [2.75, 3.05) is 18.5 Å². The van der Waals surface area contributed by atoms with Crippen LogP contribution in [0.15, 0.2) is 71.7 Å². The molecule has 32 heavy (non-hydrogen) atoms. The monoisotopic (exact) mass is 467 g/mol. The second-order valence-corrected chi connectivity index (χ2v) is 8.32. The number of rotatable bonds is 7. The molecule has 2 heterocycles. The van der Waals surface area contributed by atoms with Gasteiger partial charge in [-0.15, -0.1) is 0 Å². The van der Waals surface area contributed by atoms with E-state index >= 15 is 0 Å². The zero-order valence-electron chi connectivity index (χ0n) is 17.9. The molecule has 0 atom stereocenters. The van der Waals surface area contributed by atoms with Gasteiger partial charge in [-0.3, -0.25) is 4.79 Å². The maximum Gasteiger partial charge on any atom is 0.250 e. The Morgan fingerprint density at radius 3 is 2.50 bits per heavy atom. The summed E-state index contributed by atoms with van der Waals surface area (Å²) in [6.45, 7) is 3.71. The van der Waals surface area contributed by atoms with Crippen LogP contribution in [0.3, 0.4) is 0 Å². The molecule has 164 valence electrons. The maximum atomic E-state index is 12.3. The quantitative estimate of drug-likeness (QED) is 0.385. The minimum atomic E-state index is -0.101. The molecular weight excluding hydrogens is 445 g/mol. The molecule has 0 saturated carbocycles. The van der Waals surface area contributed by atoms with Gasteiger partial charge < -0.3 is 9.47 Å². The SMILES string of the molecule is CCN(C)c1ccc(-c2nc(Cn3ccccc3=O)n(Cc3cc(Cl)ccc3Cl)n2)cc1. The van der Waals surface area contributed by atoms with Gasteiger partial charge >= 0.3 is 0 Å². The molecule has 2 aromatic heterocycles. The number of aromatic nitrogens is 4. The Bertz CT molecular complexity index is 1280. The van der Waals surface area contributed by atoms with Crippen molar-refractivity contribution in [2.24, 2.45) is 0 Å². The van der Waals surface area contributed by atoms with Crippen LogP contribution in [0, 0.1) is 0 Å². The van der Waals surface area contributed by atoms with Crippen LogP contribution in [0.1, 0.15) is 18.3 Å². The molecule has 6 nitrogen and oxygen atoms in total. The van der Waals surface area contributed by atoms with Crippen LogP contribution in [-0.4, -0.2) is 32.9 Å². The van der Waals surface area contributed by atoms with Crippen molar-refractivity contribution in [3.8, 4) is 11.4 Å². The highest BCUT2D eigenvalue weighted by molar-refractivity contribution is 6.33. The van der Waals surface area contributed by atoms with Gasteiger partial charge in [-0.05, 0) is 61.0 Å². The van der Waals surface area contributed by atoms with E-state index < -0.39 is 0 Å². The van der Waals surface area contributed by atoms with Gasteiger partial charge in [-0.2, -0.15) is 5.10 Å². The van der Waals surface area contributed by atoms with Gasteiger partial charge in [0.25, 0.3) is 5.56 Å². The largest absolute Gasteiger partial charge is 0.375 e. The van der Waals surface area contributed by atoms with Crippen LogP contribution in [0.25, 0.3) is 11.4 Å². The highest BCUT2D eigenvalue weighted by atomic mass is 35.5. The van der Waals surface area contributed by atoms with E-state index in [1.165, 1.54) is 6.07 Å². The minimum absolute atomic E-state index is 0.101. The Morgan fingerprint density at radius 2 is 1.78 bits per heavy atom. The van der Waals surface area contributed by atoms with E-state index in [4.69, 9.17) is 33.3 Å². The Morgan fingerprint density at radius 1 is 1.00 bits per heavy atom. The number of nitrogens with zero attached hydrogens (tertiary/aromatic N) is 5. The molecule has 8 heteroatoms. The maximum absolute atomic E-state index is 12.3. The Kier molecular flexibility index (Phi) is 6.63. The normalized spacial score (nSPS) is 11.0. The molecule has 0 aliphatic heterocycles. The number of benzene rings is 2. The fourth-order valence-electron chi connectivity index (χ4n) is 3.36. The first-order valence-corrected chi connectivity index (χ1v) is 11.0. The molecule has 0 radical (unpaired) electrons. The zero-order valence-corrected chi connectivity index (χ0v) is 19.4.